The van der Waals surface area contributed by atoms with Gasteiger partial charge in [-0.1, -0.05) is 24.1 Å². The van der Waals surface area contributed by atoms with Crippen LogP contribution in [0.15, 0.2) is 42.7 Å². The number of nitrogens with one attached hydrogen (secondary N) is 2. The fourth-order valence-electron chi connectivity index (χ4n) is 3.71. The number of likely N-dealkylation sites (tertiary alicyclic amines) is 1. The summed E-state index contributed by atoms with van der Waals surface area (Å²) in [6, 6.07) is 7.50. The first-order valence-electron chi connectivity index (χ1n) is 11.4. The number of hydrogen-bond donors (Lipinski definition) is 2. The Balaban J connectivity index is 1.37. The number of carbonyl (C=O) groups excluding carboxylic acids is 1. The molecular formula is C25H29N7O3. The number of H-pyrrole nitrogens is 1. The molecule has 1 aliphatic rings. The van der Waals surface area contributed by atoms with Crippen molar-refractivity contribution in [1.29, 1.82) is 0 Å². The van der Waals surface area contributed by atoms with E-state index in [1.807, 2.05) is 54.2 Å². The van der Waals surface area contributed by atoms with Crippen LogP contribution in [0.4, 0.5) is 5.82 Å². The number of para-hydroxylation sites is 2. The molecular weight excluding hydrogens is 446 g/mol. The number of imidazole rings is 1. The summed E-state index contributed by atoms with van der Waals surface area (Å²) in [5.41, 5.74) is 1.20. The predicted molar refractivity (Wildman–Crippen MR) is 133 cm³/mol. The van der Waals surface area contributed by atoms with Gasteiger partial charge in [0.15, 0.2) is 28.8 Å². The lowest BCUT2D eigenvalue weighted by molar-refractivity contribution is -0.125. The first kappa shape index (κ1) is 24.0. The highest BCUT2D eigenvalue weighted by atomic mass is 16.5. The van der Waals surface area contributed by atoms with Crippen molar-refractivity contribution in [2.75, 3.05) is 52.8 Å². The van der Waals surface area contributed by atoms with Crippen LogP contribution in [0.3, 0.4) is 0 Å². The van der Waals surface area contributed by atoms with E-state index >= 15 is 0 Å². The van der Waals surface area contributed by atoms with Crippen molar-refractivity contribution in [2.45, 2.75) is 12.5 Å². The van der Waals surface area contributed by atoms with Gasteiger partial charge in [0.25, 0.3) is 0 Å². The van der Waals surface area contributed by atoms with Crippen molar-refractivity contribution in [3.8, 4) is 23.3 Å². The highest BCUT2D eigenvalue weighted by Gasteiger charge is 2.26. The van der Waals surface area contributed by atoms with Gasteiger partial charge in [-0.25, -0.2) is 15.0 Å². The first-order valence-corrected chi connectivity index (χ1v) is 11.4. The molecule has 1 fully saturated rings. The second kappa shape index (κ2) is 11.4. The van der Waals surface area contributed by atoms with Crippen LogP contribution >= 0.6 is 0 Å². The zero-order valence-corrected chi connectivity index (χ0v) is 20.1. The van der Waals surface area contributed by atoms with Gasteiger partial charge < -0.3 is 29.6 Å². The van der Waals surface area contributed by atoms with E-state index in [2.05, 4.69) is 37.1 Å². The Labute approximate surface area is 204 Å². The highest BCUT2D eigenvalue weighted by molar-refractivity contribution is 5.88. The number of aromatic amines is 1. The largest absolute Gasteiger partial charge is 0.493 e. The van der Waals surface area contributed by atoms with Crippen LogP contribution in [0, 0.1) is 11.8 Å². The Kier molecular flexibility index (Phi) is 7.80. The van der Waals surface area contributed by atoms with E-state index in [1.54, 1.807) is 13.2 Å². The highest BCUT2D eigenvalue weighted by Crippen LogP contribution is 2.25. The average molecular weight is 476 g/mol. The standard InChI is InChI=1S/C25H29N7O3/c1-31(2)13-6-11-22(33)32-14-12-18(16-32)28-24-23-25(27-17-26-24)30-21(29-23)10-7-15-35-20-9-5-4-8-19(20)34-3/h4-6,8-9,11,17-18H,12-16H2,1-3H3,(H2,26,27,28,29,30). The number of hydrogen-bond acceptors (Lipinski definition) is 8. The Hall–Kier alpha value is -4.10. The fourth-order valence-corrected chi connectivity index (χ4v) is 3.71. The molecule has 1 aliphatic heterocycles. The normalized spacial score (nSPS) is 15.4. The van der Waals surface area contributed by atoms with Gasteiger partial charge in [0.2, 0.25) is 5.91 Å². The fraction of sp³-hybridized carbons (Fsp3) is 0.360. The van der Waals surface area contributed by atoms with Crippen LogP contribution in [0.25, 0.3) is 11.2 Å². The Morgan fingerprint density at radius 2 is 2.14 bits per heavy atom. The van der Waals surface area contributed by atoms with Crippen LogP contribution in [-0.4, -0.2) is 89.1 Å². The van der Waals surface area contributed by atoms with Crippen LogP contribution in [-0.2, 0) is 4.79 Å². The van der Waals surface area contributed by atoms with Crippen LogP contribution in [0.1, 0.15) is 12.2 Å². The second-order valence-electron chi connectivity index (χ2n) is 8.33. The molecule has 182 valence electrons. The molecule has 1 unspecified atom stereocenters. The van der Waals surface area contributed by atoms with Crippen LogP contribution < -0.4 is 14.8 Å². The van der Waals surface area contributed by atoms with Crippen molar-refractivity contribution in [1.82, 2.24) is 29.7 Å². The van der Waals surface area contributed by atoms with E-state index in [0.717, 1.165) is 13.0 Å². The van der Waals surface area contributed by atoms with E-state index in [1.165, 1.54) is 6.33 Å². The summed E-state index contributed by atoms with van der Waals surface area (Å²) >= 11 is 0. The summed E-state index contributed by atoms with van der Waals surface area (Å²) in [5.74, 6) is 8.35. The van der Waals surface area contributed by atoms with Crippen molar-refractivity contribution in [3.05, 3.63) is 48.6 Å². The Morgan fingerprint density at radius 1 is 1.31 bits per heavy atom. The maximum Gasteiger partial charge on any atom is 0.246 e. The average Bonchev–Trinajstić information content (AvgIpc) is 3.49. The molecule has 1 amide bonds. The third kappa shape index (κ3) is 6.28. The number of aromatic nitrogens is 4. The van der Waals surface area contributed by atoms with Crippen LogP contribution in [0.2, 0.25) is 0 Å². The third-order valence-electron chi connectivity index (χ3n) is 5.44. The lowest BCUT2D eigenvalue weighted by Crippen LogP contribution is -2.30. The smallest absolute Gasteiger partial charge is 0.246 e. The van der Waals surface area contributed by atoms with Gasteiger partial charge in [-0.15, -0.1) is 0 Å². The van der Waals surface area contributed by atoms with Gasteiger partial charge >= 0.3 is 0 Å². The summed E-state index contributed by atoms with van der Waals surface area (Å²) in [4.78, 5) is 32.5. The molecule has 0 bridgehead atoms. The van der Waals surface area contributed by atoms with Gasteiger partial charge in [-0.05, 0) is 38.6 Å². The molecule has 1 saturated heterocycles. The van der Waals surface area contributed by atoms with Crippen molar-refractivity contribution in [3.63, 3.8) is 0 Å². The summed E-state index contributed by atoms with van der Waals surface area (Å²) in [6.07, 6.45) is 5.82. The van der Waals surface area contributed by atoms with Crippen LogP contribution in [0.5, 0.6) is 11.5 Å². The summed E-state index contributed by atoms with van der Waals surface area (Å²) in [6.45, 7) is 2.22. The minimum Gasteiger partial charge on any atom is -0.493 e. The lowest BCUT2D eigenvalue weighted by Gasteiger charge is -2.16. The zero-order chi connectivity index (χ0) is 24.6. The Bertz CT molecular complexity index is 1260. The minimum atomic E-state index is 0.0263. The SMILES string of the molecule is COc1ccccc1OCC#Cc1nc2ncnc(NC3CCN(C(=O)C=CCN(C)C)C3)c2[nH]1. The monoisotopic (exact) mass is 475 g/mol. The summed E-state index contributed by atoms with van der Waals surface area (Å²) < 4.78 is 11.0. The molecule has 0 aliphatic carbocycles. The van der Waals surface area contributed by atoms with E-state index in [0.29, 0.717) is 47.4 Å². The number of rotatable bonds is 8. The number of ether oxygens (including phenoxy) is 2. The molecule has 1 aromatic carbocycles. The summed E-state index contributed by atoms with van der Waals surface area (Å²) in [7, 11) is 5.53. The molecule has 4 rings (SSSR count). The molecule has 3 aromatic rings. The Morgan fingerprint density at radius 3 is 2.94 bits per heavy atom. The topological polar surface area (TPSA) is 108 Å². The number of methoxy groups -OCH3 is 1. The van der Waals surface area contributed by atoms with E-state index in [9.17, 15) is 4.79 Å². The number of amides is 1. The molecule has 2 aromatic heterocycles. The van der Waals surface area contributed by atoms with Gasteiger partial charge in [0, 0.05) is 31.8 Å². The maximum atomic E-state index is 12.4. The maximum absolute atomic E-state index is 12.4. The zero-order valence-electron chi connectivity index (χ0n) is 20.1. The molecule has 0 saturated carbocycles. The van der Waals surface area contributed by atoms with Crippen molar-refractivity contribution < 1.29 is 14.3 Å². The van der Waals surface area contributed by atoms with E-state index in [4.69, 9.17) is 9.47 Å². The van der Waals surface area contributed by atoms with E-state index in [-0.39, 0.29) is 18.6 Å². The first-order chi connectivity index (χ1) is 17.0. The third-order valence-corrected chi connectivity index (χ3v) is 5.44. The van der Waals surface area contributed by atoms with Gasteiger partial charge in [-0.3, -0.25) is 4.79 Å². The molecule has 0 spiro atoms. The predicted octanol–water partition coefficient (Wildman–Crippen LogP) is 1.92. The second-order valence-corrected chi connectivity index (χ2v) is 8.33. The van der Waals surface area contributed by atoms with Gasteiger partial charge in [0.05, 0.1) is 7.11 Å². The van der Waals surface area contributed by atoms with Crippen molar-refractivity contribution >= 4 is 22.9 Å². The summed E-state index contributed by atoms with van der Waals surface area (Å²) in [5, 5.41) is 3.42. The molecule has 1 atom stereocenters. The molecule has 0 radical (unpaired) electrons. The van der Waals surface area contributed by atoms with Gasteiger partial charge in [-0.2, -0.15) is 0 Å². The number of fused-ring (bicyclic) bond motifs is 1. The van der Waals surface area contributed by atoms with Crippen molar-refractivity contribution in [2.24, 2.45) is 0 Å². The number of nitrogens with zero attached hydrogens (tertiary/aromatic N) is 5. The van der Waals surface area contributed by atoms with E-state index < -0.39 is 0 Å². The molecule has 2 N–H and O–H groups in total. The lowest BCUT2D eigenvalue weighted by atomic mass is 10.2. The molecule has 10 heteroatoms. The molecule has 10 nitrogen and oxygen atoms in total. The molecule has 3 heterocycles. The van der Waals surface area contributed by atoms with Gasteiger partial charge in [0.1, 0.15) is 18.5 Å². The minimum absolute atomic E-state index is 0.0263. The molecule has 35 heavy (non-hydrogen) atoms. The number of anilines is 1. The number of likely N-dealkylation sites (N-methyl/N-ethyl adjacent to an activating group) is 1. The quantitative estimate of drug-likeness (QED) is 0.376. The number of benzene rings is 1. The number of carbonyl (C=O) groups is 1.